The van der Waals surface area contributed by atoms with Gasteiger partial charge in [-0.2, -0.15) is 0 Å². The molecule has 0 bridgehead atoms. The van der Waals surface area contributed by atoms with Crippen molar-refractivity contribution in [1.82, 2.24) is 20.9 Å². The quantitative estimate of drug-likeness (QED) is 0.0445. The van der Waals surface area contributed by atoms with Crippen LogP contribution in [0.2, 0.25) is 0 Å². The number of benzene rings is 2. The summed E-state index contributed by atoms with van der Waals surface area (Å²) < 4.78 is 23.0. The Balaban J connectivity index is 1.01. The number of carbonyl (C=O) groups excluding carboxylic acids is 6. The smallest absolute Gasteiger partial charge is 0.410 e. The third-order valence-corrected chi connectivity index (χ3v) is 18.9. The highest BCUT2D eigenvalue weighted by Gasteiger charge is 2.59. The van der Waals surface area contributed by atoms with Crippen LogP contribution in [0.5, 0.6) is 0 Å². The van der Waals surface area contributed by atoms with Crippen molar-refractivity contribution in [2.75, 3.05) is 19.7 Å². The van der Waals surface area contributed by atoms with Crippen molar-refractivity contribution >= 4 is 35.9 Å². The summed E-state index contributed by atoms with van der Waals surface area (Å²) in [7, 11) is 0. The molecular weight excluding hydrogens is 1030 g/mol. The molecule has 82 heavy (non-hydrogen) atoms. The molecule has 0 aliphatic heterocycles. The van der Waals surface area contributed by atoms with E-state index in [4.69, 9.17) is 18.9 Å². The Bertz CT molecular complexity index is 2560. The highest BCUT2D eigenvalue weighted by Crippen LogP contribution is 2.67. The topological polar surface area (TPSA) is 179 Å². The van der Waals surface area contributed by atoms with E-state index in [9.17, 15) is 28.8 Å². The average molecular weight is 1140 g/mol. The van der Waals surface area contributed by atoms with Gasteiger partial charge in [-0.25, -0.2) is 9.59 Å². The Morgan fingerprint density at radius 2 is 1.24 bits per heavy atom. The lowest BCUT2D eigenvalue weighted by Crippen LogP contribution is -2.54. The van der Waals surface area contributed by atoms with Crippen LogP contribution in [0.3, 0.4) is 0 Å². The maximum Gasteiger partial charge on any atom is 0.410 e. The number of allylic oxidation sites excluding steroid dienone is 1. The monoisotopic (exact) mass is 1130 g/mol. The fourth-order valence-electron chi connectivity index (χ4n) is 15.2. The lowest BCUT2D eigenvalue weighted by atomic mass is 9.46. The molecule has 2 aromatic carbocycles. The molecule has 454 valence electrons. The van der Waals surface area contributed by atoms with Gasteiger partial charge in [0.25, 0.3) is 0 Å². The zero-order chi connectivity index (χ0) is 60.0. The van der Waals surface area contributed by atoms with Gasteiger partial charge in [0.2, 0.25) is 11.8 Å². The first kappa shape index (κ1) is 64.2. The third kappa shape index (κ3) is 16.3. The molecule has 14 nitrogen and oxygen atoms in total. The summed E-state index contributed by atoms with van der Waals surface area (Å²) in [6, 6.07) is 13.3. The summed E-state index contributed by atoms with van der Waals surface area (Å²) in [5.74, 6) is 1.75. The van der Waals surface area contributed by atoms with Crippen molar-refractivity contribution in [3.8, 4) is 11.1 Å². The molecule has 0 radical (unpaired) electrons. The number of alkyl carbamates (subject to hydrolysis) is 1. The summed E-state index contributed by atoms with van der Waals surface area (Å²) in [6.07, 6.45) is 14.0. The van der Waals surface area contributed by atoms with E-state index in [1.54, 1.807) is 41.5 Å². The minimum Gasteiger partial charge on any atom is -0.460 e. The summed E-state index contributed by atoms with van der Waals surface area (Å²) in [4.78, 5) is 84.6. The largest absolute Gasteiger partial charge is 0.460 e. The minimum atomic E-state index is -1.32. The number of rotatable bonds is 22. The molecule has 10 atom stereocenters. The van der Waals surface area contributed by atoms with E-state index in [1.807, 2.05) is 74.2 Å². The number of esters is 2. The first-order chi connectivity index (χ1) is 38.5. The van der Waals surface area contributed by atoms with Gasteiger partial charge in [-0.05, 0) is 202 Å². The summed E-state index contributed by atoms with van der Waals surface area (Å²) >= 11 is 0. The van der Waals surface area contributed by atoms with Crippen molar-refractivity contribution in [2.24, 2.45) is 46.3 Å². The highest BCUT2D eigenvalue weighted by molar-refractivity contribution is 5.92. The molecule has 5 aliphatic rings. The van der Waals surface area contributed by atoms with Crippen LogP contribution in [0.4, 0.5) is 9.59 Å². The fourth-order valence-corrected chi connectivity index (χ4v) is 15.2. The molecule has 3 saturated carbocycles. The van der Waals surface area contributed by atoms with E-state index in [1.165, 1.54) is 50.5 Å². The van der Waals surface area contributed by atoms with Crippen LogP contribution in [-0.2, 0) is 38.1 Å². The van der Waals surface area contributed by atoms with E-state index in [0.29, 0.717) is 30.2 Å². The molecule has 0 saturated heterocycles. The highest BCUT2D eigenvalue weighted by atomic mass is 16.6. The molecule has 0 spiro atoms. The Morgan fingerprint density at radius 3 is 1.83 bits per heavy atom. The van der Waals surface area contributed by atoms with Crippen molar-refractivity contribution in [1.29, 1.82) is 0 Å². The van der Waals surface area contributed by atoms with E-state index >= 15 is 0 Å². The Hall–Kier alpha value is -5.40. The summed E-state index contributed by atoms with van der Waals surface area (Å²) in [6.45, 7) is 29.0. The van der Waals surface area contributed by atoms with Crippen LogP contribution >= 0.6 is 0 Å². The SMILES string of the molecule is CC(C)CCC[C@@H](C)[C@H]1CCC2C3CC=C4C[C@@H](N(CCCNC(=O)[C@H](CCC(=O)OC(C)(C)C)NC(=O)[C@H](CCC(=O)OC(C)(C)C)NC(=O)OCC5c6ccccc6-c6ccccc65)C(=O)OC(C)(C)C)CC[C@]4(C)C3CC[C@@]21C. The van der Waals surface area contributed by atoms with Gasteiger partial charge in [-0.15, -0.1) is 0 Å². The van der Waals surface area contributed by atoms with Gasteiger partial charge < -0.3 is 39.8 Å². The normalized spacial score (nSPS) is 25.1. The van der Waals surface area contributed by atoms with E-state index in [2.05, 4.69) is 56.6 Å². The zero-order valence-corrected chi connectivity index (χ0v) is 52.4. The van der Waals surface area contributed by atoms with Gasteiger partial charge in [0, 0.05) is 37.9 Å². The van der Waals surface area contributed by atoms with Crippen molar-refractivity contribution < 1.29 is 47.7 Å². The molecule has 3 fully saturated rings. The second kappa shape index (κ2) is 26.7. The van der Waals surface area contributed by atoms with Crippen LogP contribution in [0.1, 0.15) is 217 Å². The van der Waals surface area contributed by atoms with Crippen LogP contribution in [0, 0.1) is 46.3 Å². The minimum absolute atomic E-state index is 0.00974. The van der Waals surface area contributed by atoms with Crippen LogP contribution in [0.15, 0.2) is 60.2 Å². The van der Waals surface area contributed by atoms with Crippen LogP contribution in [-0.4, -0.2) is 95.5 Å². The van der Waals surface area contributed by atoms with Crippen LogP contribution < -0.4 is 16.0 Å². The number of ether oxygens (including phenoxy) is 4. The van der Waals surface area contributed by atoms with Crippen molar-refractivity contribution in [3.63, 3.8) is 0 Å². The first-order valence-corrected chi connectivity index (χ1v) is 31.3. The van der Waals surface area contributed by atoms with Gasteiger partial charge in [-0.3, -0.25) is 19.2 Å². The lowest BCUT2D eigenvalue weighted by molar-refractivity contribution is -0.156. The third-order valence-electron chi connectivity index (χ3n) is 18.9. The van der Waals surface area contributed by atoms with Gasteiger partial charge in [0.1, 0.15) is 35.5 Å². The molecule has 4 amide bonds. The number of nitrogens with zero attached hydrogens (tertiary/aromatic N) is 1. The lowest BCUT2D eigenvalue weighted by Gasteiger charge is -2.59. The molecule has 14 heteroatoms. The number of nitrogens with one attached hydrogen (secondary N) is 3. The molecule has 0 heterocycles. The molecule has 7 rings (SSSR count). The molecule has 3 N–H and O–H groups in total. The van der Waals surface area contributed by atoms with Gasteiger partial charge >= 0.3 is 24.1 Å². The maximum atomic E-state index is 14.4. The number of hydrogen-bond donors (Lipinski definition) is 3. The van der Waals surface area contributed by atoms with E-state index in [-0.39, 0.29) is 62.3 Å². The van der Waals surface area contributed by atoms with Gasteiger partial charge in [-0.1, -0.05) is 114 Å². The van der Waals surface area contributed by atoms with Gasteiger partial charge in [0.15, 0.2) is 0 Å². The fraction of sp³-hybridized carbons (Fsp3) is 0.706. The zero-order valence-electron chi connectivity index (χ0n) is 52.4. The Morgan fingerprint density at radius 1 is 0.659 bits per heavy atom. The predicted octanol–water partition coefficient (Wildman–Crippen LogP) is 13.8. The number of amides is 4. The van der Waals surface area contributed by atoms with E-state index in [0.717, 1.165) is 71.6 Å². The summed E-state index contributed by atoms with van der Waals surface area (Å²) in [5, 5.41) is 8.43. The van der Waals surface area contributed by atoms with E-state index < -0.39 is 58.7 Å². The van der Waals surface area contributed by atoms with Crippen LogP contribution in [0.25, 0.3) is 11.1 Å². The van der Waals surface area contributed by atoms with Gasteiger partial charge in [0.05, 0.1) is 0 Å². The Kier molecular flexibility index (Phi) is 20.9. The number of carbonyl (C=O) groups is 6. The standard InChI is InChI=1S/C68H102N4O10/c1-43(2)21-19-22-44(3)53-29-30-54-51-28-27-45-41-46(35-37-67(45,13)55(51)36-38-68(53,54)14)72(63(78)82-66(10,11)12)40-20-39-69-60(75)56(31-33-58(73)80-64(4,5)6)70-61(76)57(32-34-59(74)81-65(7,8)9)71-62(77)79-42-52-49-25-17-15-23-47(49)48-24-16-18-26-50(48)52/h15-18,23-27,43-44,46,51-57H,19-22,28-42H2,1-14H3,(H,69,75)(H,70,76)(H,71,77)/t44-,46+,51?,53-,54?,55?,56+,57+,67+,68-/m1/s1. The Labute approximate surface area is 491 Å². The number of fused-ring (bicyclic) bond motifs is 8. The van der Waals surface area contributed by atoms with Crippen molar-refractivity contribution in [3.05, 3.63) is 71.3 Å². The maximum absolute atomic E-state index is 14.4. The molecule has 3 unspecified atom stereocenters. The average Bonchev–Trinajstić information content (AvgIpc) is 2.94. The predicted molar refractivity (Wildman–Crippen MR) is 321 cm³/mol. The molecule has 0 aromatic heterocycles. The van der Waals surface area contributed by atoms with Crippen molar-refractivity contribution in [2.45, 2.75) is 241 Å². The molecule has 5 aliphatic carbocycles. The summed E-state index contributed by atoms with van der Waals surface area (Å²) in [5.41, 5.74) is 3.84. The second-order valence-electron chi connectivity index (χ2n) is 28.8. The first-order valence-electron chi connectivity index (χ1n) is 31.3. The second-order valence-corrected chi connectivity index (χ2v) is 28.8. The molecular formula is C68H102N4O10. The number of hydrogen-bond acceptors (Lipinski definition) is 10. The molecule has 2 aromatic rings.